The lowest BCUT2D eigenvalue weighted by Crippen LogP contribution is -2.30. The third-order valence-corrected chi connectivity index (χ3v) is 4.67. The molecule has 0 radical (unpaired) electrons. The molecule has 2 heterocycles. The highest BCUT2D eigenvalue weighted by molar-refractivity contribution is 5.93. The number of aryl methyl sites for hydroxylation is 1. The Bertz CT molecular complexity index is 707. The van der Waals surface area contributed by atoms with Gasteiger partial charge in [-0.1, -0.05) is 35.0 Å². The third-order valence-electron chi connectivity index (χ3n) is 4.67. The lowest BCUT2D eigenvalue weighted by Gasteiger charge is -2.23. The molecule has 7 heteroatoms. The van der Waals surface area contributed by atoms with Crippen LogP contribution < -0.4 is 5.32 Å². The molecular weight excluding hydrogens is 338 g/mol. The molecule has 1 aliphatic heterocycles. The predicted octanol–water partition coefficient (Wildman–Crippen LogP) is 2.51. The van der Waals surface area contributed by atoms with Crippen LogP contribution in [0.3, 0.4) is 0 Å². The van der Waals surface area contributed by atoms with E-state index in [9.17, 15) is 4.79 Å². The van der Waals surface area contributed by atoms with Crippen molar-refractivity contribution in [3.8, 4) is 0 Å². The van der Waals surface area contributed by atoms with Gasteiger partial charge in [-0.15, -0.1) is 17.5 Å². The Morgan fingerprint density at radius 2 is 1.88 bits per heavy atom. The molecule has 1 N–H and O–H groups in total. The molecule has 3 rings (SSSR count). The van der Waals surface area contributed by atoms with E-state index in [2.05, 4.69) is 46.8 Å². The zero-order chi connectivity index (χ0) is 17.1. The van der Waals surface area contributed by atoms with Crippen molar-refractivity contribution in [1.82, 2.24) is 25.2 Å². The van der Waals surface area contributed by atoms with E-state index in [0.717, 1.165) is 37.2 Å². The number of carbonyl (C=O) groups is 1. The van der Waals surface area contributed by atoms with Gasteiger partial charge in [0.05, 0.1) is 11.7 Å². The Kier molecular flexibility index (Phi) is 6.56. The van der Waals surface area contributed by atoms with Crippen LogP contribution in [0.2, 0.25) is 0 Å². The van der Waals surface area contributed by atoms with Gasteiger partial charge in [-0.25, -0.2) is 4.68 Å². The first kappa shape index (κ1) is 19.4. The van der Waals surface area contributed by atoms with Crippen LogP contribution in [-0.4, -0.2) is 45.9 Å². The lowest BCUT2D eigenvalue weighted by atomic mass is 10.1. The standard InChI is InChI=1S/C18H25N5O.ClH/c1-13-4-6-15(7-5-13)12-22(3)18(24)17-14(2)23(21-20-17)16-8-10-19-11-9-16;/h4-7,16,19H,8-12H2,1-3H3;1H. The molecule has 1 aromatic carbocycles. The number of hydrogen-bond donors (Lipinski definition) is 1. The monoisotopic (exact) mass is 363 g/mol. The van der Waals surface area contributed by atoms with E-state index in [1.54, 1.807) is 4.90 Å². The van der Waals surface area contributed by atoms with Crippen LogP contribution in [0.5, 0.6) is 0 Å². The summed E-state index contributed by atoms with van der Waals surface area (Å²) in [4.78, 5) is 14.4. The van der Waals surface area contributed by atoms with E-state index in [4.69, 9.17) is 0 Å². The second-order valence-corrected chi connectivity index (χ2v) is 6.60. The maximum absolute atomic E-state index is 12.7. The van der Waals surface area contributed by atoms with Crippen molar-refractivity contribution in [3.05, 3.63) is 46.8 Å². The minimum Gasteiger partial charge on any atom is -0.336 e. The summed E-state index contributed by atoms with van der Waals surface area (Å²) in [7, 11) is 1.81. The number of carbonyl (C=O) groups excluding carboxylic acids is 1. The summed E-state index contributed by atoms with van der Waals surface area (Å²) in [5.41, 5.74) is 3.65. The lowest BCUT2D eigenvalue weighted by molar-refractivity contribution is 0.0778. The molecule has 0 spiro atoms. The Morgan fingerprint density at radius 3 is 2.52 bits per heavy atom. The number of nitrogens with zero attached hydrogens (tertiary/aromatic N) is 4. The van der Waals surface area contributed by atoms with Crippen molar-refractivity contribution >= 4 is 18.3 Å². The molecule has 1 aliphatic rings. The topological polar surface area (TPSA) is 63.1 Å². The zero-order valence-corrected chi connectivity index (χ0v) is 15.8. The van der Waals surface area contributed by atoms with Crippen LogP contribution >= 0.6 is 12.4 Å². The Balaban J connectivity index is 0.00000225. The smallest absolute Gasteiger partial charge is 0.276 e. The summed E-state index contributed by atoms with van der Waals surface area (Å²) in [6, 6.07) is 8.57. The number of halogens is 1. The zero-order valence-electron chi connectivity index (χ0n) is 15.0. The van der Waals surface area contributed by atoms with Gasteiger partial charge < -0.3 is 10.2 Å². The molecule has 0 aliphatic carbocycles. The molecule has 0 unspecified atom stereocenters. The number of amides is 1. The van der Waals surface area contributed by atoms with Gasteiger partial charge in [0.2, 0.25) is 0 Å². The molecule has 136 valence electrons. The number of benzene rings is 1. The minimum absolute atomic E-state index is 0. The van der Waals surface area contributed by atoms with E-state index in [1.165, 1.54) is 5.56 Å². The molecule has 0 atom stereocenters. The number of piperidine rings is 1. The molecule has 1 aromatic heterocycles. The van der Waals surface area contributed by atoms with E-state index < -0.39 is 0 Å². The fourth-order valence-corrected chi connectivity index (χ4v) is 3.16. The fraction of sp³-hybridized carbons (Fsp3) is 0.500. The maximum Gasteiger partial charge on any atom is 0.276 e. The predicted molar refractivity (Wildman–Crippen MR) is 100 cm³/mol. The van der Waals surface area contributed by atoms with Crippen molar-refractivity contribution in [2.75, 3.05) is 20.1 Å². The summed E-state index contributed by atoms with van der Waals surface area (Å²) < 4.78 is 1.92. The Morgan fingerprint density at radius 1 is 1.24 bits per heavy atom. The Hall–Kier alpha value is -1.92. The third kappa shape index (κ3) is 4.38. The second-order valence-electron chi connectivity index (χ2n) is 6.60. The molecule has 2 aromatic rings. The van der Waals surface area contributed by atoms with E-state index in [-0.39, 0.29) is 18.3 Å². The Labute approximate surface area is 155 Å². The van der Waals surface area contributed by atoms with Crippen molar-refractivity contribution in [3.63, 3.8) is 0 Å². The number of hydrogen-bond acceptors (Lipinski definition) is 4. The maximum atomic E-state index is 12.7. The first-order chi connectivity index (χ1) is 11.6. The van der Waals surface area contributed by atoms with Gasteiger partial charge in [-0.05, 0) is 45.3 Å². The average molecular weight is 364 g/mol. The number of rotatable bonds is 4. The van der Waals surface area contributed by atoms with E-state index in [1.807, 2.05) is 18.7 Å². The van der Waals surface area contributed by atoms with Crippen molar-refractivity contribution in [1.29, 1.82) is 0 Å². The first-order valence-electron chi connectivity index (χ1n) is 8.50. The summed E-state index contributed by atoms with van der Waals surface area (Å²) in [5, 5.41) is 11.8. The first-order valence-corrected chi connectivity index (χ1v) is 8.50. The van der Waals surface area contributed by atoms with Gasteiger partial charge in [0.1, 0.15) is 0 Å². The van der Waals surface area contributed by atoms with Crippen LogP contribution in [0.15, 0.2) is 24.3 Å². The highest BCUT2D eigenvalue weighted by Gasteiger charge is 2.24. The van der Waals surface area contributed by atoms with Crippen LogP contribution in [0.25, 0.3) is 0 Å². The van der Waals surface area contributed by atoms with Gasteiger partial charge in [0, 0.05) is 13.6 Å². The molecule has 0 bridgehead atoms. The van der Waals surface area contributed by atoms with Crippen molar-refractivity contribution in [2.24, 2.45) is 0 Å². The second kappa shape index (κ2) is 8.45. The molecular formula is C18H26ClN5O. The van der Waals surface area contributed by atoms with E-state index in [0.29, 0.717) is 18.3 Å². The molecule has 25 heavy (non-hydrogen) atoms. The summed E-state index contributed by atoms with van der Waals surface area (Å²) in [6.45, 7) is 6.54. The van der Waals surface area contributed by atoms with Crippen molar-refractivity contribution < 1.29 is 4.79 Å². The summed E-state index contributed by atoms with van der Waals surface area (Å²) in [5.74, 6) is -0.0757. The normalized spacial score (nSPS) is 14.8. The fourth-order valence-electron chi connectivity index (χ4n) is 3.16. The largest absolute Gasteiger partial charge is 0.336 e. The molecule has 0 saturated carbocycles. The summed E-state index contributed by atoms with van der Waals surface area (Å²) in [6.07, 6.45) is 2.05. The van der Waals surface area contributed by atoms with Gasteiger partial charge in [-0.2, -0.15) is 0 Å². The van der Waals surface area contributed by atoms with Gasteiger partial charge in [0.25, 0.3) is 5.91 Å². The quantitative estimate of drug-likeness (QED) is 0.906. The van der Waals surface area contributed by atoms with Crippen LogP contribution in [0.1, 0.15) is 46.2 Å². The molecule has 1 saturated heterocycles. The average Bonchev–Trinajstić information content (AvgIpc) is 2.98. The SMILES string of the molecule is Cc1ccc(CN(C)C(=O)c2nnn(C3CCNCC3)c2C)cc1.Cl. The van der Waals surface area contributed by atoms with Gasteiger partial charge in [0.15, 0.2) is 5.69 Å². The minimum atomic E-state index is -0.0757. The van der Waals surface area contributed by atoms with Crippen LogP contribution in [0.4, 0.5) is 0 Å². The molecule has 1 amide bonds. The van der Waals surface area contributed by atoms with Crippen LogP contribution in [-0.2, 0) is 6.54 Å². The highest BCUT2D eigenvalue weighted by atomic mass is 35.5. The van der Waals surface area contributed by atoms with Crippen molar-refractivity contribution in [2.45, 2.75) is 39.3 Å². The number of nitrogens with one attached hydrogen (secondary N) is 1. The molecule has 1 fully saturated rings. The van der Waals surface area contributed by atoms with Gasteiger partial charge in [-0.3, -0.25) is 4.79 Å². The highest BCUT2D eigenvalue weighted by Crippen LogP contribution is 2.21. The number of aromatic nitrogens is 3. The van der Waals surface area contributed by atoms with Crippen LogP contribution in [0, 0.1) is 13.8 Å². The molecule has 6 nitrogen and oxygen atoms in total. The van der Waals surface area contributed by atoms with Gasteiger partial charge >= 0.3 is 0 Å². The van der Waals surface area contributed by atoms with E-state index >= 15 is 0 Å². The summed E-state index contributed by atoms with van der Waals surface area (Å²) >= 11 is 0.